The smallest absolute Gasteiger partial charge is 0.416 e. The molecule has 3 aromatic rings. The number of methoxy groups -OCH3 is 1. The lowest BCUT2D eigenvalue weighted by Gasteiger charge is -2.36. The number of rotatable bonds is 5. The summed E-state index contributed by atoms with van der Waals surface area (Å²) in [5.41, 5.74) is 1.99. The van der Waals surface area contributed by atoms with E-state index in [2.05, 4.69) is 31.0 Å². The second-order valence-electron chi connectivity index (χ2n) is 9.65. The van der Waals surface area contributed by atoms with E-state index in [-0.39, 0.29) is 11.6 Å². The summed E-state index contributed by atoms with van der Waals surface area (Å²) in [5, 5.41) is 5.99. The molecule has 2 heterocycles. The van der Waals surface area contributed by atoms with Crippen LogP contribution in [-0.4, -0.2) is 51.0 Å². The molecule has 1 aliphatic heterocycles. The third kappa shape index (κ3) is 5.79. The largest absolute Gasteiger partial charge is 0.465 e. The van der Waals surface area contributed by atoms with E-state index in [0.717, 1.165) is 22.9 Å². The number of carbonyl (C=O) groups excluding carboxylic acids is 1. The predicted octanol–water partition coefficient (Wildman–Crippen LogP) is 5.97. The molecular weight excluding hydrogens is 477 g/mol. The van der Waals surface area contributed by atoms with E-state index in [4.69, 9.17) is 9.47 Å². The number of hydrogen-bond donors (Lipinski definition) is 1. The fraction of sp³-hybridized carbons (Fsp3) is 0.423. The topological polar surface area (TPSA) is 50.8 Å². The van der Waals surface area contributed by atoms with Crippen molar-refractivity contribution in [1.82, 2.24) is 5.32 Å². The number of benzene rings is 2. The Labute approximate surface area is 206 Å². The highest BCUT2D eigenvalue weighted by molar-refractivity contribution is 7.17. The summed E-state index contributed by atoms with van der Waals surface area (Å²) in [5.74, 6) is -0.461. The van der Waals surface area contributed by atoms with E-state index in [1.807, 2.05) is 17.5 Å². The van der Waals surface area contributed by atoms with Crippen LogP contribution in [0.25, 0.3) is 21.2 Å². The van der Waals surface area contributed by atoms with Crippen molar-refractivity contribution in [2.45, 2.75) is 38.6 Å². The molecule has 4 rings (SSSR count). The van der Waals surface area contributed by atoms with E-state index in [0.29, 0.717) is 41.9 Å². The molecule has 9 heteroatoms. The zero-order chi connectivity index (χ0) is 25.4. The van der Waals surface area contributed by atoms with Gasteiger partial charge in [0.05, 0.1) is 36.6 Å². The van der Waals surface area contributed by atoms with Crippen molar-refractivity contribution < 1.29 is 27.4 Å². The Hall–Kier alpha value is -2.62. The summed E-state index contributed by atoms with van der Waals surface area (Å²) < 4.78 is 50.9. The fourth-order valence-electron chi connectivity index (χ4n) is 4.16. The van der Waals surface area contributed by atoms with Gasteiger partial charge in [0.15, 0.2) is 0 Å². The number of nitrogens with one attached hydrogen (secondary N) is 1. The first-order valence-corrected chi connectivity index (χ1v) is 12.3. The normalized spacial score (nSPS) is 17.1. The molecule has 1 aromatic heterocycles. The van der Waals surface area contributed by atoms with Crippen LogP contribution in [0.3, 0.4) is 0 Å². The van der Waals surface area contributed by atoms with Gasteiger partial charge in [-0.1, -0.05) is 12.1 Å². The van der Waals surface area contributed by atoms with Crippen LogP contribution in [0, 0.1) is 0 Å². The number of fused-ring (bicyclic) bond motifs is 1. The van der Waals surface area contributed by atoms with Gasteiger partial charge >= 0.3 is 12.1 Å². The number of nitrogens with zero attached hydrogens (tertiary/aromatic N) is 1. The van der Waals surface area contributed by atoms with Crippen LogP contribution in [0.1, 0.15) is 36.7 Å². The monoisotopic (exact) mass is 506 g/mol. The van der Waals surface area contributed by atoms with Crippen LogP contribution < -0.4 is 10.2 Å². The number of anilines is 1. The molecule has 1 fully saturated rings. The fourth-order valence-corrected chi connectivity index (χ4v) is 5.17. The Morgan fingerprint density at radius 3 is 2.66 bits per heavy atom. The van der Waals surface area contributed by atoms with Crippen LogP contribution in [0.5, 0.6) is 0 Å². The zero-order valence-electron chi connectivity index (χ0n) is 20.2. The molecule has 1 saturated heterocycles. The van der Waals surface area contributed by atoms with Gasteiger partial charge in [0.1, 0.15) is 0 Å². The van der Waals surface area contributed by atoms with Crippen LogP contribution in [0.15, 0.2) is 41.8 Å². The molecule has 0 spiro atoms. The Kier molecular flexibility index (Phi) is 7.13. The van der Waals surface area contributed by atoms with Crippen LogP contribution >= 0.6 is 11.3 Å². The van der Waals surface area contributed by atoms with Crippen molar-refractivity contribution >= 4 is 33.1 Å². The summed E-state index contributed by atoms with van der Waals surface area (Å²) in [7, 11) is 1.34. The number of thiophene rings is 1. The zero-order valence-corrected chi connectivity index (χ0v) is 21.0. The summed E-state index contributed by atoms with van der Waals surface area (Å²) >= 11 is 1.25. The van der Waals surface area contributed by atoms with E-state index < -0.39 is 17.7 Å². The summed E-state index contributed by atoms with van der Waals surface area (Å²) in [6, 6.07) is 9.29. The molecule has 0 radical (unpaired) electrons. The average molecular weight is 507 g/mol. The Morgan fingerprint density at radius 2 is 1.97 bits per heavy atom. The van der Waals surface area contributed by atoms with Crippen LogP contribution in [0.4, 0.5) is 18.9 Å². The molecular formula is C26H29F3N2O3S. The first kappa shape index (κ1) is 25.5. The molecule has 0 amide bonds. The van der Waals surface area contributed by atoms with Crippen molar-refractivity contribution in [3.8, 4) is 11.1 Å². The number of carbonyl (C=O) groups is 1. The SMILES string of the molecule is COC(=O)c1cc(-c2csc3cc(C(F)(F)F)ccc23)ccc1N1CCO[C@H](CNC(C)(C)C)C1. The molecule has 35 heavy (non-hydrogen) atoms. The first-order chi connectivity index (χ1) is 16.5. The van der Waals surface area contributed by atoms with Crippen molar-refractivity contribution in [1.29, 1.82) is 0 Å². The van der Waals surface area contributed by atoms with Gasteiger partial charge in [-0.05, 0) is 56.0 Å². The minimum Gasteiger partial charge on any atom is -0.465 e. The molecule has 0 aliphatic carbocycles. The van der Waals surface area contributed by atoms with Gasteiger partial charge in [-0.25, -0.2) is 4.79 Å². The van der Waals surface area contributed by atoms with Crippen molar-refractivity contribution in [2.24, 2.45) is 0 Å². The minimum atomic E-state index is -4.39. The first-order valence-electron chi connectivity index (χ1n) is 11.4. The number of alkyl halides is 3. The van der Waals surface area contributed by atoms with Gasteiger partial charge in [-0.2, -0.15) is 13.2 Å². The van der Waals surface area contributed by atoms with Gasteiger partial charge in [0.2, 0.25) is 0 Å². The molecule has 0 unspecified atom stereocenters. The maximum Gasteiger partial charge on any atom is 0.416 e. The molecule has 5 nitrogen and oxygen atoms in total. The van der Waals surface area contributed by atoms with Gasteiger partial charge in [-0.15, -0.1) is 11.3 Å². The maximum atomic E-state index is 13.1. The minimum absolute atomic E-state index is 0.0307. The molecule has 1 N–H and O–H groups in total. The van der Waals surface area contributed by atoms with E-state index >= 15 is 0 Å². The lowest BCUT2D eigenvalue weighted by atomic mass is 9.99. The van der Waals surface area contributed by atoms with Gasteiger partial charge in [0, 0.05) is 40.8 Å². The summed E-state index contributed by atoms with van der Waals surface area (Å²) in [4.78, 5) is 14.9. The van der Waals surface area contributed by atoms with E-state index in [1.54, 1.807) is 6.07 Å². The number of hydrogen-bond acceptors (Lipinski definition) is 6. The van der Waals surface area contributed by atoms with Gasteiger partial charge in [-0.3, -0.25) is 0 Å². The molecule has 1 atom stereocenters. The van der Waals surface area contributed by atoms with Crippen molar-refractivity contribution in [2.75, 3.05) is 38.3 Å². The van der Waals surface area contributed by atoms with E-state index in [9.17, 15) is 18.0 Å². The van der Waals surface area contributed by atoms with Crippen molar-refractivity contribution in [3.63, 3.8) is 0 Å². The Morgan fingerprint density at radius 1 is 1.20 bits per heavy atom. The quantitative estimate of drug-likeness (QED) is 0.433. The second kappa shape index (κ2) is 9.79. The number of ether oxygens (including phenoxy) is 2. The summed E-state index contributed by atoms with van der Waals surface area (Å²) in [6.45, 7) is 8.77. The lowest BCUT2D eigenvalue weighted by molar-refractivity contribution is -0.137. The highest BCUT2D eigenvalue weighted by atomic mass is 32.1. The molecule has 1 aliphatic rings. The maximum absolute atomic E-state index is 13.1. The number of halogens is 3. The Bertz CT molecular complexity index is 1220. The average Bonchev–Trinajstić information content (AvgIpc) is 3.24. The number of esters is 1. The highest BCUT2D eigenvalue weighted by Crippen LogP contribution is 2.39. The summed E-state index contributed by atoms with van der Waals surface area (Å²) in [6.07, 6.45) is -4.42. The van der Waals surface area contributed by atoms with Crippen LogP contribution in [-0.2, 0) is 15.7 Å². The predicted molar refractivity (Wildman–Crippen MR) is 133 cm³/mol. The Balaban J connectivity index is 1.65. The van der Waals surface area contributed by atoms with Crippen molar-refractivity contribution in [3.05, 3.63) is 52.9 Å². The van der Waals surface area contributed by atoms with Gasteiger partial charge < -0.3 is 19.7 Å². The molecule has 2 aromatic carbocycles. The standard InChI is InChI=1S/C26H29F3N2O3S/c1-25(2,3)30-13-18-14-31(9-10-34-18)22-8-5-16(11-20(22)24(32)33-4)21-15-35-23-12-17(26(27,28)29)6-7-19(21)23/h5-8,11-12,15,18,30H,9-10,13-14H2,1-4H3/t18-/m1/s1. The van der Waals surface area contributed by atoms with E-state index in [1.165, 1.54) is 30.6 Å². The highest BCUT2D eigenvalue weighted by Gasteiger charge is 2.31. The third-order valence-electron chi connectivity index (χ3n) is 5.96. The number of morpholine rings is 1. The molecule has 0 bridgehead atoms. The van der Waals surface area contributed by atoms with Crippen LogP contribution in [0.2, 0.25) is 0 Å². The van der Waals surface area contributed by atoms with Gasteiger partial charge in [0.25, 0.3) is 0 Å². The lowest BCUT2D eigenvalue weighted by Crippen LogP contribution is -2.50. The molecule has 188 valence electrons. The molecule has 0 saturated carbocycles. The second-order valence-corrected chi connectivity index (χ2v) is 10.6. The third-order valence-corrected chi connectivity index (χ3v) is 6.90.